The van der Waals surface area contributed by atoms with Gasteiger partial charge in [-0.2, -0.15) is 0 Å². The fraction of sp³-hybridized carbons (Fsp3) is 0.333. The Morgan fingerprint density at radius 2 is 2.13 bits per heavy atom. The average molecular weight is 280 g/mol. The first-order valence-electron chi connectivity index (χ1n) is 4.21. The summed E-state index contributed by atoms with van der Waals surface area (Å²) < 4.78 is 13.7. The zero-order chi connectivity index (χ0) is 11.6. The Hall–Kier alpha value is -0.850. The second-order valence-electron chi connectivity index (χ2n) is 3.03. The highest BCUT2D eigenvalue weighted by molar-refractivity contribution is 9.10. The van der Waals surface area contributed by atoms with E-state index in [0.29, 0.717) is 0 Å². The van der Waals surface area contributed by atoms with Crippen molar-refractivity contribution in [3.05, 3.63) is 21.9 Å². The van der Waals surface area contributed by atoms with Gasteiger partial charge in [-0.15, -0.1) is 0 Å². The lowest BCUT2D eigenvalue weighted by atomic mass is 10.1. The molecule has 0 spiro atoms. The lowest BCUT2D eigenvalue weighted by Gasteiger charge is -2.14. The highest BCUT2D eigenvalue weighted by Crippen LogP contribution is 2.37. The van der Waals surface area contributed by atoms with Gasteiger partial charge < -0.3 is 20.6 Å². The van der Waals surface area contributed by atoms with E-state index in [1.807, 2.05) is 0 Å². The minimum atomic E-state index is -1.10. The van der Waals surface area contributed by atoms with Gasteiger partial charge in [0.2, 0.25) is 0 Å². The molecular weight excluding hydrogens is 269 g/mol. The third-order valence-electron chi connectivity index (χ3n) is 1.94. The van der Waals surface area contributed by atoms with Crippen LogP contribution in [0.4, 0.5) is 4.39 Å². The molecule has 84 valence electrons. The number of halogens is 2. The Bertz CT molecular complexity index is 373. The second-order valence-corrected chi connectivity index (χ2v) is 3.88. The maximum Gasteiger partial charge on any atom is 0.194 e. The standard InChI is InChI=1S/C9H11BrFNO3/c1-12-3-6(14)7-4(10)2-5(13)9(15)8(7)11/h2,6,12-15H,3H2,1H3. The molecule has 1 aromatic carbocycles. The van der Waals surface area contributed by atoms with Crippen LogP contribution in [0.15, 0.2) is 10.5 Å². The number of phenols is 2. The Morgan fingerprint density at radius 1 is 1.53 bits per heavy atom. The monoisotopic (exact) mass is 279 g/mol. The maximum absolute atomic E-state index is 13.5. The summed E-state index contributed by atoms with van der Waals surface area (Å²) >= 11 is 3.00. The minimum absolute atomic E-state index is 0.0837. The smallest absolute Gasteiger partial charge is 0.194 e. The first-order chi connectivity index (χ1) is 6.99. The normalized spacial score (nSPS) is 12.8. The fourth-order valence-corrected chi connectivity index (χ4v) is 1.87. The molecule has 1 atom stereocenters. The maximum atomic E-state index is 13.5. The summed E-state index contributed by atoms with van der Waals surface area (Å²) in [4.78, 5) is 0. The molecule has 0 aliphatic carbocycles. The molecule has 0 saturated carbocycles. The van der Waals surface area contributed by atoms with Crippen LogP contribution in [0.3, 0.4) is 0 Å². The number of nitrogens with one attached hydrogen (secondary N) is 1. The predicted molar refractivity (Wildman–Crippen MR) is 56.3 cm³/mol. The molecule has 4 N–H and O–H groups in total. The van der Waals surface area contributed by atoms with Crippen molar-refractivity contribution in [2.24, 2.45) is 0 Å². The predicted octanol–water partition coefficient (Wildman–Crippen LogP) is 1.25. The van der Waals surface area contributed by atoms with Gasteiger partial charge in [0.15, 0.2) is 17.3 Å². The number of likely N-dealkylation sites (N-methyl/N-ethyl adjacent to an activating group) is 1. The molecule has 0 aliphatic heterocycles. The van der Waals surface area contributed by atoms with E-state index in [9.17, 15) is 9.50 Å². The Morgan fingerprint density at radius 3 is 2.67 bits per heavy atom. The van der Waals surface area contributed by atoms with Crippen LogP contribution in [-0.4, -0.2) is 28.9 Å². The van der Waals surface area contributed by atoms with Crippen LogP contribution in [0.1, 0.15) is 11.7 Å². The number of phenolic OH excluding ortho intramolecular Hbond substituents is 2. The molecule has 1 rings (SSSR count). The van der Waals surface area contributed by atoms with E-state index < -0.39 is 23.4 Å². The van der Waals surface area contributed by atoms with E-state index in [1.54, 1.807) is 7.05 Å². The quantitative estimate of drug-likeness (QED) is 0.629. The molecular formula is C9H11BrFNO3. The fourth-order valence-electron chi connectivity index (χ4n) is 1.21. The van der Waals surface area contributed by atoms with Gasteiger partial charge in [0, 0.05) is 16.6 Å². The summed E-state index contributed by atoms with van der Waals surface area (Å²) in [7, 11) is 1.61. The largest absolute Gasteiger partial charge is 0.504 e. The molecule has 0 bridgehead atoms. The summed E-state index contributed by atoms with van der Waals surface area (Å²) in [6.07, 6.45) is -1.10. The molecule has 0 amide bonds. The van der Waals surface area contributed by atoms with Crippen LogP contribution in [0.2, 0.25) is 0 Å². The Kier molecular flexibility index (Phi) is 3.90. The molecule has 0 radical (unpaired) electrons. The second kappa shape index (κ2) is 4.78. The number of aliphatic hydroxyl groups excluding tert-OH is 1. The lowest BCUT2D eigenvalue weighted by Crippen LogP contribution is -2.18. The van der Waals surface area contributed by atoms with Crippen LogP contribution < -0.4 is 5.32 Å². The van der Waals surface area contributed by atoms with E-state index in [1.165, 1.54) is 0 Å². The minimum Gasteiger partial charge on any atom is -0.504 e. The molecule has 0 saturated heterocycles. The number of aromatic hydroxyl groups is 2. The van der Waals surface area contributed by atoms with Crippen molar-refractivity contribution in [1.29, 1.82) is 0 Å². The lowest BCUT2D eigenvalue weighted by molar-refractivity contribution is 0.171. The molecule has 4 nitrogen and oxygen atoms in total. The van der Waals surface area contributed by atoms with Crippen LogP contribution in [0, 0.1) is 5.82 Å². The van der Waals surface area contributed by atoms with Gasteiger partial charge in [-0.05, 0) is 13.1 Å². The van der Waals surface area contributed by atoms with Gasteiger partial charge in [-0.3, -0.25) is 0 Å². The molecule has 0 aromatic heterocycles. The topological polar surface area (TPSA) is 72.7 Å². The average Bonchev–Trinajstić information content (AvgIpc) is 2.15. The third kappa shape index (κ3) is 2.39. The van der Waals surface area contributed by atoms with Crippen molar-refractivity contribution in [2.75, 3.05) is 13.6 Å². The van der Waals surface area contributed by atoms with Gasteiger partial charge in [0.05, 0.1) is 6.10 Å². The van der Waals surface area contributed by atoms with Gasteiger partial charge in [0.1, 0.15) is 0 Å². The Balaban J connectivity index is 3.23. The van der Waals surface area contributed by atoms with E-state index >= 15 is 0 Å². The third-order valence-corrected chi connectivity index (χ3v) is 2.59. The van der Waals surface area contributed by atoms with Crippen molar-refractivity contribution < 1.29 is 19.7 Å². The number of rotatable bonds is 3. The first-order valence-corrected chi connectivity index (χ1v) is 5.00. The molecule has 1 unspecified atom stereocenters. The van der Waals surface area contributed by atoms with Gasteiger partial charge >= 0.3 is 0 Å². The van der Waals surface area contributed by atoms with E-state index in [2.05, 4.69) is 21.2 Å². The van der Waals surface area contributed by atoms with Crippen molar-refractivity contribution in [1.82, 2.24) is 5.32 Å². The molecule has 6 heteroatoms. The summed E-state index contributed by atoms with van der Waals surface area (Å²) in [6.45, 7) is 0.139. The van der Waals surface area contributed by atoms with Gasteiger partial charge in [-0.25, -0.2) is 4.39 Å². The number of hydrogen-bond acceptors (Lipinski definition) is 4. The van der Waals surface area contributed by atoms with Gasteiger partial charge in [0.25, 0.3) is 0 Å². The SMILES string of the molecule is CNCC(O)c1c(Br)cc(O)c(O)c1F. The number of benzene rings is 1. The molecule has 0 fully saturated rings. The van der Waals surface area contributed by atoms with Crippen LogP contribution in [0.5, 0.6) is 11.5 Å². The summed E-state index contributed by atoms with van der Waals surface area (Å²) in [6, 6.07) is 1.13. The van der Waals surface area contributed by atoms with Crippen LogP contribution in [0.25, 0.3) is 0 Å². The summed E-state index contributed by atoms with van der Waals surface area (Å²) in [5.74, 6) is -2.45. The highest BCUT2D eigenvalue weighted by atomic mass is 79.9. The molecule has 1 aromatic rings. The van der Waals surface area contributed by atoms with E-state index in [4.69, 9.17) is 10.2 Å². The van der Waals surface area contributed by atoms with Crippen LogP contribution >= 0.6 is 15.9 Å². The van der Waals surface area contributed by atoms with Crippen LogP contribution in [-0.2, 0) is 0 Å². The van der Waals surface area contributed by atoms with Crippen molar-refractivity contribution in [2.45, 2.75) is 6.10 Å². The zero-order valence-corrected chi connectivity index (χ0v) is 9.55. The van der Waals surface area contributed by atoms with Gasteiger partial charge in [-0.1, -0.05) is 15.9 Å². The van der Waals surface area contributed by atoms with E-state index in [0.717, 1.165) is 6.07 Å². The Labute approximate surface area is 94.5 Å². The van der Waals surface area contributed by atoms with Crippen molar-refractivity contribution in [3.8, 4) is 11.5 Å². The zero-order valence-electron chi connectivity index (χ0n) is 7.96. The molecule has 15 heavy (non-hydrogen) atoms. The number of aliphatic hydroxyl groups is 1. The summed E-state index contributed by atoms with van der Waals surface area (Å²) in [5, 5.41) is 30.5. The molecule has 0 heterocycles. The van der Waals surface area contributed by atoms with E-state index in [-0.39, 0.29) is 16.6 Å². The highest BCUT2D eigenvalue weighted by Gasteiger charge is 2.21. The molecule has 0 aliphatic rings. The summed E-state index contributed by atoms with van der Waals surface area (Å²) in [5.41, 5.74) is -0.0837. The number of hydrogen-bond donors (Lipinski definition) is 4. The first kappa shape index (κ1) is 12.2. The van der Waals surface area contributed by atoms with Crippen molar-refractivity contribution in [3.63, 3.8) is 0 Å². The van der Waals surface area contributed by atoms with Crippen molar-refractivity contribution >= 4 is 15.9 Å².